The van der Waals surface area contributed by atoms with E-state index < -0.39 is 6.10 Å². The van der Waals surface area contributed by atoms with Gasteiger partial charge in [0.05, 0.1) is 6.10 Å². The second-order valence-electron chi connectivity index (χ2n) is 5.26. The van der Waals surface area contributed by atoms with E-state index in [-0.39, 0.29) is 5.82 Å². The number of benzene rings is 2. The largest absolute Gasteiger partial charge is 0.388 e. The van der Waals surface area contributed by atoms with Crippen LogP contribution in [-0.4, -0.2) is 5.11 Å². The lowest BCUT2D eigenvalue weighted by atomic mass is 9.93. The minimum atomic E-state index is -0.609. The van der Waals surface area contributed by atoms with Crippen molar-refractivity contribution in [3.05, 3.63) is 67.5 Å². The van der Waals surface area contributed by atoms with E-state index in [2.05, 4.69) is 55.5 Å². The maximum absolute atomic E-state index is 13.1. The lowest BCUT2D eigenvalue weighted by molar-refractivity contribution is 0.177. The molecule has 0 fully saturated rings. The molecule has 1 atom stereocenters. The van der Waals surface area contributed by atoms with Crippen LogP contribution in [0.15, 0.2) is 30.3 Å². The van der Waals surface area contributed by atoms with Gasteiger partial charge < -0.3 is 5.11 Å². The van der Waals surface area contributed by atoms with Gasteiger partial charge in [0.25, 0.3) is 0 Å². The fourth-order valence-corrected chi connectivity index (χ4v) is 3.44. The van der Waals surface area contributed by atoms with Gasteiger partial charge in [0.1, 0.15) is 5.82 Å². The zero-order valence-electron chi connectivity index (χ0n) is 11.9. The molecule has 1 unspecified atom stereocenters. The van der Waals surface area contributed by atoms with Crippen LogP contribution in [0.3, 0.4) is 0 Å². The molecule has 0 amide bonds. The van der Waals surface area contributed by atoms with Crippen LogP contribution in [0.1, 0.15) is 33.9 Å². The van der Waals surface area contributed by atoms with Crippen molar-refractivity contribution >= 4 is 22.6 Å². The predicted molar refractivity (Wildman–Crippen MR) is 88.4 cm³/mol. The third kappa shape index (κ3) is 3.38. The Morgan fingerprint density at radius 3 is 2.25 bits per heavy atom. The summed E-state index contributed by atoms with van der Waals surface area (Å²) in [6.07, 6.45) is -0.0536. The zero-order chi connectivity index (χ0) is 14.9. The van der Waals surface area contributed by atoms with Gasteiger partial charge in [0.2, 0.25) is 0 Å². The van der Waals surface area contributed by atoms with Crippen LogP contribution in [-0.2, 0) is 6.42 Å². The van der Waals surface area contributed by atoms with E-state index in [1.165, 1.54) is 34.4 Å². The fraction of sp³-hybridized carbons (Fsp3) is 0.294. The van der Waals surface area contributed by atoms with Crippen LogP contribution in [0.5, 0.6) is 0 Å². The molecule has 2 rings (SSSR count). The number of hydrogen-bond acceptors (Lipinski definition) is 1. The minimum absolute atomic E-state index is 0.270. The Balaban J connectivity index is 2.30. The third-order valence-corrected chi connectivity index (χ3v) is 4.49. The Kier molecular flexibility index (Phi) is 4.81. The first-order valence-electron chi connectivity index (χ1n) is 6.58. The van der Waals surface area contributed by atoms with Crippen LogP contribution in [0, 0.1) is 30.2 Å². The smallest absolute Gasteiger partial charge is 0.124 e. The number of rotatable bonds is 3. The van der Waals surface area contributed by atoms with Crippen molar-refractivity contribution in [2.75, 3.05) is 0 Å². The molecule has 0 heterocycles. The predicted octanol–water partition coefficient (Wildman–Crippen LogP) is 4.63. The molecular formula is C17H18FIO. The van der Waals surface area contributed by atoms with Crippen molar-refractivity contribution in [1.29, 1.82) is 0 Å². The Morgan fingerprint density at radius 1 is 1.10 bits per heavy atom. The van der Waals surface area contributed by atoms with Crippen molar-refractivity contribution < 1.29 is 9.50 Å². The van der Waals surface area contributed by atoms with Crippen LogP contribution in [0.4, 0.5) is 4.39 Å². The molecule has 0 saturated heterocycles. The van der Waals surface area contributed by atoms with Crippen molar-refractivity contribution in [3.63, 3.8) is 0 Å². The average Bonchev–Trinajstić information content (AvgIpc) is 2.33. The first-order valence-corrected chi connectivity index (χ1v) is 7.66. The number of halogens is 2. The first-order chi connectivity index (χ1) is 9.38. The SMILES string of the molecule is Cc1cc(C)c(CC(O)c2ccc(F)cc2I)c(C)c1. The molecule has 0 bridgehead atoms. The summed E-state index contributed by atoms with van der Waals surface area (Å²) in [7, 11) is 0. The van der Waals surface area contributed by atoms with Gasteiger partial charge in [-0.05, 0) is 77.7 Å². The number of aliphatic hydroxyl groups is 1. The van der Waals surface area contributed by atoms with Crippen molar-refractivity contribution in [3.8, 4) is 0 Å². The van der Waals surface area contributed by atoms with Gasteiger partial charge in [0, 0.05) is 9.99 Å². The molecule has 0 radical (unpaired) electrons. The highest BCUT2D eigenvalue weighted by Gasteiger charge is 2.15. The highest BCUT2D eigenvalue weighted by Crippen LogP contribution is 2.27. The fourth-order valence-electron chi connectivity index (χ4n) is 2.61. The molecule has 0 aliphatic heterocycles. The molecule has 0 spiro atoms. The quantitative estimate of drug-likeness (QED) is 0.765. The lowest BCUT2D eigenvalue weighted by Crippen LogP contribution is -2.07. The summed E-state index contributed by atoms with van der Waals surface area (Å²) in [6.45, 7) is 6.21. The highest BCUT2D eigenvalue weighted by atomic mass is 127. The van der Waals surface area contributed by atoms with Gasteiger partial charge in [-0.2, -0.15) is 0 Å². The summed E-state index contributed by atoms with van der Waals surface area (Å²) < 4.78 is 13.9. The van der Waals surface area contributed by atoms with E-state index >= 15 is 0 Å². The number of aliphatic hydroxyl groups excluding tert-OH is 1. The van der Waals surface area contributed by atoms with Crippen LogP contribution < -0.4 is 0 Å². The molecule has 0 saturated carbocycles. The number of hydrogen-bond donors (Lipinski definition) is 1. The van der Waals surface area contributed by atoms with E-state index in [9.17, 15) is 9.50 Å². The van der Waals surface area contributed by atoms with Gasteiger partial charge in [-0.15, -0.1) is 0 Å². The van der Waals surface area contributed by atoms with Crippen LogP contribution in [0.2, 0.25) is 0 Å². The first kappa shape index (κ1) is 15.4. The van der Waals surface area contributed by atoms with Gasteiger partial charge in [0.15, 0.2) is 0 Å². The molecule has 3 heteroatoms. The summed E-state index contributed by atoms with van der Waals surface area (Å²) in [6, 6.07) is 8.78. The van der Waals surface area contributed by atoms with Crippen LogP contribution >= 0.6 is 22.6 Å². The Labute approximate surface area is 133 Å². The normalized spacial score (nSPS) is 12.5. The molecule has 0 aliphatic rings. The summed E-state index contributed by atoms with van der Waals surface area (Å²) in [5.74, 6) is -0.270. The molecule has 1 nitrogen and oxygen atoms in total. The van der Waals surface area contributed by atoms with E-state index in [0.29, 0.717) is 6.42 Å². The summed E-state index contributed by atoms with van der Waals surface area (Å²) in [5.41, 5.74) is 5.57. The number of aryl methyl sites for hydroxylation is 3. The third-order valence-electron chi connectivity index (χ3n) is 3.56. The van der Waals surface area contributed by atoms with Crippen molar-refractivity contribution in [1.82, 2.24) is 0 Å². The molecule has 0 aromatic heterocycles. The topological polar surface area (TPSA) is 20.2 Å². The highest BCUT2D eigenvalue weighted by molar-refractivity contribution is 14.1. The summed E-state index contributed by atoms with van der Waals surface area (Å²) in [5, 5.41) is 10.4. The maximum atomic E-state index is 13.1. The lowest BCUT2D eigenvalue weighted by Gasteiger charge is -2.17. The molecule has 2 aromatic carbocycles. The summed E-state index contributed by atoms with van der Waals surface area (Å²) >= 11 is 2.07. The zero-order valence-corrected chi connectivity index (χ0v) is 14.0. The second-order valence-corrected chi connectivity index (χ2v) is 6.43. The van der Waals surface area contributed by atoms with Crippen molar-refractivity contribution in [2.45, 2.75) is 33.3 Å². The van der Waals surface area contributed by atoms with E-state index in [0.717, 1.165) is 9.13 Å². The Bertz CT molecular complexity index is 614. The molecule has 2 aromatic rings. The van der Waals surface area contributed by atoms with E-state index in [1.54, 1.807) is 6.07 Å². The Hall–Kier alpha value is -0.940. The molecule has 20 heavy (non-hydrogen) atoms. The minimum Gasteiger partial charge on any atom is -0.388 e. The Morgan fingerprint density at radius 2 is 1.70 bits per heavy atom. The van der Waals surface area contributed by atoms with E-state index in [4.69, 9.17) is 0 Å². The van der Waals surface area contributed by atoms with E-state index in [1.807, 2.05) is 0 Å². The van der Waals surface area contributed by atoms with Gasteiger partial charge in [-0.3, -0.25) is 0 Å². The average molecular weight is 384 g/mol. The molecule has 0 aliphatic carbocycles. The molecule has 106 valence electrons. The van der Waals surface area contributed by atoms with Crippen molar-refractivity contribution in [2.24, 2.45) is 0 Å². The molecule has 1 N–H and O–H groups in total. The molecular weight excluding hydrogens is 366 g/mol. The second kappa shape index (κ2) is 6.22. The van der Waals surface area contributed by atoms with Gasteiger partial charge >= 0.3 is 0 Å². The van der Waals surface area contributed by atoms with Gasteiger partial charge in [-0.25, -0.2) is 4.39 Å². The monoisotopic (exact) mass is 384 g/mol. The maximum Gasteiger partial charge on any atom is 0.124 e. The van der Waals surface area contributed by atoms with Crippen LogP contribution in [0.25, 0.3) is 0 Å². The standard InChI is InChI=1S/C17H18FIO/c1-10-6-11(2)15(12(3)7-10)9-17(20)14-5-4-13(18)8-16(14)19/h4-8,17,20H,9H2,1-3H3. The van der Waals surface area contributed by atoms with Gasteiger partial charge in [-0.1, -0.05) is 23.8 Å². The summed E-state index contributed by atoms with van der Waals surface area (Å²) in [4.78, 5) is 0.